The van der Waals surface area contributed by atoms with E-state index in [1.54, 1.807) is 14.0 Å². The Morgan fingerprint density at radius 1 is 1.56 bits per heavy atom. The first-order valence-electron chi connectivity index (χ1n) is 5.54. The van der Waals surface area contributed by atoms with Gasteiger partial charge in [-0.25, -0.2) is 4.79 Å². The van der Waals surface area contributed by atoms with Crippen molar-refractivity contribution in [2.24, 2.45) is 0 Å². The zero-order chi connectivity index (χ0) is 14.1. The summed E-state index contributed by atoms with van der Waals surface area (Å²) in [7, 11) is 2.97. The zero-order valence-electron chi connectivity index (χ0n) is 10.8. The molecule has 2 atom stereocenters. The van der Waals surface area contributed by atoms with Gasteiger partial charge in [0.1, 0.15) is 0 Å². The van der Waals surface area contributed by atoms with Gasteiger partial charge in [0.25, 0.3) is 0 Å². The number of hydrogen-bond donors (Lipinski definition) is 2. The number of nitrogens with zero attached hydrogens (tertiary/aromatic N) is 2. The predicted octanol–water partition coefficient (Wildman–Crippen LogP) is 0.420. The van der Waals surface area contributed by atoms with Crippen LogP contribution >= 0.6 is 0 Å². The fourth-order valence-corrected chi connectivity index (χ4v) is 1.23. The Bertz CT molecular complexity index is 327. The van der Waals surface area contributed by atoms with Gasteiger partial charge < -0.3 is 20.1 Å². The van der Waals surface area contributed by atoms with Gasteiger partial charge in [0.15, 0.2) is 0 Å². The van der Waals surface area contributed by atoms with E-state index in [1.165, 1.54) is 12.0 Å². The van der Waals surface area contributed by atoms with E-state index in [9.17, 15) is 9.59 Å². The van der Waals surface area contributed by atoms with Gasteiger partial charge in [-0.1, -0.05) is 0 Å². The van der Waals surface area contributed by atoms with E-state index < -0.39 is 12.1 Å². The summed E-state index contributed by atoms with van der Waals surface area (Å²) in [5, 5.41) is 19.7. The summed E-state index contributed by atoms with van der Waals surface area (Å²) in [5.74, 6) is -0.984. The van der Waals surface area contributed by atoms with Crippen molar-refractivity contribution in [3.63, 3.8) is 0 Å². The number of amides is 2. The molecule has 0 aromatic rings. The van der Waals surface area contributed by atoms with Gasteiger partial charge in [0.2, 0.25) is 0 Å². The minimum Gasteiger partial charge on any atom is -0.481 e. The van der Waals surface area contributed by atoms with E-state index in [2.05, 4.69) is 5.32 Å². The van der Waals surface area contributed by atoms with Crippen LogP contribution in [0.3, 0.4) is 0 Å². The van der Waals surface area contributed by atoms with Gasteiger partial charge in [-0.2, -0.15) is 5.26 Å². The number of ether oxygens (including phenoxy) is 1. The highest BCUT2D eigenvalue weighted by molar-refractivity contribution is 5.74. The maximum atomic E-state index is 11.7. The lowest BCUT2D eigenvalue weighted by atomic mass is 10.2. The molecule has 7 nitrogen and oxygen atoms in total. The molecule has 2 N–H and O–H groups in total. The monoisotopic (exact) mass is 257 g/mol. The van der Waals surface area contributed by atoms with Crippen LogP contribution in [0.25, 0.3) is 0 Å². The van der Waals surface area contributed by atoms with E-state index in [0.29, 0.717) is 0 Å². The molecular weight excluding hydrogens is 238 g/mol. The highest BCUT2D eigenvalue weighted by atomic mass is 16.5. The van der Waals surface area contributed by atoms with Gasteiger partial charge in [0, 0.05) is 26.7 Å². The number of methoxy groups -OCH3 is 1. The van der Waals surface area contributed by atoms with Crippen molar-refractivity contribution in [3.8, 4) is 6.07 Å². The molecule has 0 radical (unpaired) electrons. The van der Waals surface area contributed by atoms with E-state index >= 15 is 0 Å². The second-order valence-electron chi connectivity index (χ2n) is 3.96. The Labute approximate surface area is 106 Å². The van der Waals surface area contributed by atoms with Gasteiger partial charge in [-0.05, 0) is 6.92 Å². The van der Waals surface area contributed by atoms with Gasteiger partial charge in [-0.15, -0.1) is 0 Å². The fraction of sp³-hybridized carbons (Fsp3) is 0.727. The highest BCUT2D eigenvalue weighted by Crippen LogP contribution is 2.01. The molecule has 0 saturated heterocycles. The van der Waals surface area contributed by atoms with E-state index in [4.69, 9.17) is 15.1 Å². The number of carboxylic acids is 1. The molecular formula is C11H19N3O4. The first-order valence-corrected chi connectivity index (χ1v) is 5.54. The minimum absolute atomic E-state index is 0.116. The van der Waals surface area contributed by atoms with E-state index in [0.717, 1.165) is 0 Å². The first kappa shape index (κ1) is 16.2. The second kappa shape index (κ2) is 8.31. The lowest BCUT2D eigenvalue weighted by molar-refractivity contribution is -0.139. The smallest absolute Gasteiger partial charge is 0.317 e. The molecule has 0 aromatic carbocycles. The molecule has 0 aliphatic carbocycles. The van der Waals surface area contributed by atoms with Crippen molar-refractivity contribution in [2.75, 3.05) is 20.7 Å². The quantitative estimate of drug-likeness (QED) is 0.688. The topological polar surface area (TPSA) is 103 Å². The predicted molar refractivity (Wildman–Crippen MR) is 63.9 cm³/mol. The molecule has 7 heteroatoms. The average Bonchev–Trinajstić information content (AvgIpc) is 2.32. The second-order valence-corrected chi connectivity index (χ2v) is 3.96. The van der Waals surface area contributed by atoms with Crippen LogP contribution in [0.4, 0.5) is 4.79 Å². The number of nitriles is 1. The molecule has 18 heavy (non-hydrogen) atoms. The van der Waals surface area contributed by atoms with Crippen LogP contribution in [0, 0.1) is 11.3 Å². The summed E-state index contributed by atoms with van der Waals surface area (Å²) in [4.78, 5) is 23.6. The summed E-state index contributed by atoms with van der Waals surface area (Å²) in [6.45, 7) is 1.87. The van der Waals surface area contributed by atoms with Crippen LogP contribution in [-0.2, 0) is 9.53 Å². The van der Waals surface area contributed by atoms with E-state index in [-0.39, 0.29) is 31.5 Å². The van der Waals surface area contributed by atoms with Gasteiger partial charge in [-0.3, -0.25) is 4.79 Å². The molecule has 2 amide bonds. The highest BCUT2D eigenvalue weighted by Gasteiger charge is 2.18. The summed E-state index contributed by atoms with van der Waals surface area (Å²) in [6, 6.07) is 1.43. The average molecular weight is 257 g/mol. The fourth-order valence-electron chi connectivity index (χ4n) is 1.23. The van der Waals surface area contributed by atoms with Crippen molar-refractivity contribution in [2.45, 2.75) is 31.9 Å². The third-order valence-corrected chi connectivity index (χ3v) is 2.58. The SMILES string of the molecule is COC(CNC(=O)N(C)C(C)CC#N)CC(=O)O. The number of hydrogen-bond acceptors (Lipinski definition) is 4. The number of rotatable bonds is 7. The lowest BCUT2D eigenvalue weighted by Crippen LogP contribution is -2.45. The number of carbonyl (C=O) groups excluding carboxylic acids is 1. The summed E-state index contributed by atoms with van der Waals surface area (Å²) < 4.78 is 4.93. The molecule has 0 saturated carbocycles. The van der Waals surface area contributed by atoms with Crippen LogP contribution in [-0.4, -0.2) is 54.9 Å². The van der Waals surface area contributed by atoms with E-state index in [1.807, 2.05) is 6.07 Å². The molecule has 0 aliphatic rings. The van der Waals surface area contributed by atoms with Gasteiger partial charge >= 0.3 is 12.0 Å². The molecule has 0 heterocycles. The number of urea groups is 1. The third-order valence-electron chi connectivity index (χ3n) is 2.58. The Balaban J connectivity index is 4.15. The standard InChI is InChI=1S/C11H19N3O4/c1-8(4-5-12)14(2)11(17)13-7-9(18-3)6-10(15)16/h8-9H,4,6-7H2,1-3H3,(H,13,17)(H,15,16). The molecule has 102 valence electrons. The van der Waals surface area contributed by atoms with Crippen molar-refractivity contribution >= 4 is 12.0 Å². The largest absolute Gasteiger partial charge is 0.481 e. The number of carbonyl (C=O) groups is 2. The zero-order valence-corrected chi connectivity index (χ0v) is 10.8. The molecule has 0 bridgehead atoms. The molecule has 0 fully saturated rings. The Morgan fingerprint density at radius 2 is 2.17 bits per heavy atom. The van der Waals surface area contributed by atoms with Crippen LogP contribution in [0.15, 0.2) is 0 Å². The number of nitrogens with one attached hydrogen (secondary N) is 1. The maximum absolute atomic E-state index is 11.7. The number of aliphatic carboxylic acids is 1. The summed E-state index contributed by atoms with van der Waals surface area (Å²) >= 11 is 0. The van der Waals surface area contributed by atoms with Crippen LogP contribution in [0.2, 0.25) is 0 Å². The van der Waals surface area contributed by atoms with Crippen molar-refractivity contribution in [1.82, 2.24) is 10.2 Å². The Kier molecular flexibility index (Phi) is 7.47. The van der Waals surface area contributed by atoms with Gasteiger partial charge in [0.05, 0.1) is 25.0 Å². The van der Waals surface area contributed by atoms with Crippen molar-refractivity contribution < 1.29 is 19.4 Å². The maximum Gasteiger partial charge on any atom is 0.317 e. The van der Waals surface area contributed by atoms with Crippen molar-refractivity contribution in [3.05, 3.63) is 0 Å². The minimum atomic E-state index is -0.984. The normalized spacial score (nSPS) is 13.2. The summed E-state index contributed by atoms with van der Waals surface area (Å²) in [5.41, 5.74) is 0. The van der Waals surface area contributed by atoms with Crippen LogP contribution < -0.4 is 5.32 Å². The first-order chi connectivity index (χ1) is 8.42. The van der Waals surface area contributed by atoms with Crippen molar-refractivity contribution in [1.29, 1.82) is 5.26 Å². The Hall–Kier alpha value is -1.81. The molecule has 0 spiro atoms. The molecule has 0 aliphatic heterocycles. The molecule has 0 aromatic heterocycles. The number of carboxylic acid groups (broad SMARTS) is 1. The van der Waals surface area contributed by atoms with Crippen LogP contribution in [0.1, 0.15) is 19.8 Å². The molecule has 0 rings (SSSR count). The Morgan fingerprint density at radius 3 is 2.61 bits per heavy atom. The summed E-state index contributed by atoms with van der Waals surface area (Å²) in [6.07, 6.45) is -0.493. The molecule has 2 unspecified atom stereocenters. The lowest BCUT2D eigenvalue weighted by Gasteiger charge is -2.24. The third kappa shape index (κ3) is 6.06. The van der Waals surface area contributed by atoms with Crippen LogP contribution in [0.5, 0.6) is 0 Å².